The molecule has 5 nitrogen and oxygen atoms in total. The molecular formula is C15H27N3O2. The zero-order valence-electron chi connectivity index (χ0n) is 13.1. The molecule has 1 aromatic rings. The SMILES string of the molecule is CCCCCNc1cc(OCCOC)nc(C(C)C)n1. The smallest absolute Gasteiger partial charge is 0.218 e. The lowest BCUT2D eigenvalue weighted by molar-refractivity contribution is 0.143. The van der Waals surface area contributed by atoms with Crippen molar-refractivity contribution < 1.29 is 9.47 Å². The lowest BCUT2D eigenvalue weighted by Crippen LogP contribution is -2.10. The van der Waals surface area contributed by atoms with E-state index >= 15 is 0 Å². The van der Waals surface area contributed by atoms with E-state index in [0.717, 1.165) is 24.6 Å². The maximum Gasteiger partial charge on any atom is 0.218 e. The van der Waals surface area contributed by atoms with Crippen molar-refractivity contribution in [3.63, 3.8) is 0 Å². The van der Waals surface area contributed by atoms with Gasteiger partial charge < -0.3 is 14.8 Å². The van der Waals surface area contributed by atoms with Gasteiger partial charge >= 0.3 is 0 Å². The maximum absolute atomic E-state index is 5.59. The van der Waals surface area contributed by atoms with Crippen molar-refractivity contribution >= 4 is 5.82 Å². The van der Waals surface area contributed by atoms with Crippen LogP contribution in [-0.4, -0.2) is 36.8 Å². The molecule has 1 N–H and O–H groups in total. The van der Waals surface area contributed by atoms with Crippen LogP contribution in [0.25, 0.3) is 0 Å². The van der Waals surface area contributed by atoms with Crippen molar-refractivity contribution in [2.45, 2.75) is 46.0 Å². The van der Waals surface area contributed by atoms with Crippen molar-refractivity contribution in [3.8, 4) is 5.88 Å². The zero-order valence-corrected chi connectivity index (χ0v) is 13.1. The summed E-state index contributed by atoms with van der Waals surface area (Å²) in [6, 6.07) is 1.85. The lowest BCUT2D eigenvalue weighted by Gasteiger charge is -2.12. The van der Waals surface area contributed by atoms with Gasteiger partial charge in [-0.1, -0.05) is 33.6 Å². The van der Waals surface area contributed by atoms with Gasteiger partial charge in [-0.05, 0) is 6.42 Å². The average molecular weight is 281 g/mol. The van der Waals surface area contributed by atoms with E-state index in [9.17, 15) is 0 Å². The second kappa shape index (κ2) is 9.53. The van der Waals surface area contributed by atoms with Crippen molar-refractivity contribution in [1.29, 1.82) is 0 Å². The first-order valence-corrected chi connectivity index (χ1v) is 7.42. The van der Waals surface area contributed by atoms with Crippen LogP contribution in [0.5, 0.6) is 5.88 Å². The van der Waals surface area contributed by atoms with E-state index in [4.69, 9.17) is 9.47 Å². The topological polar surface area (TPSA) is 56.3 Å². The molecule has 5 heteroatoms. The van der Waals surface area contributed by atoms with E-state index < -0.39 is 0 Å². The molecule has 0 amide bonds. The fraction of sp³-hybridized carbons (Fsp3) is 0.733. The molecule has 114 valence electrons. The van der Waals surface area contributed by atoms with Gasteiger partial charge in [-0.3, -0.25) is 0 Å². The van der Waals surface area contributed by atoms with Gasteiger partial charge in [-0.15, -0.1) is 0 Å². The minimum Gasteiger partial charge on any atom is -0.475 e. The number of nitrogens with one attached hydrogen (secondary N) is 1. The summed E-state index contributed by atoms with van der Waals surface area (Å²) < 4.78 is 10.6. The summed E-state index contributed by atoms with van der Waals surface area (Å²) in [6.45, 7) is 8.34. The molecule has 0 atom stereocenters. The Labute approximate surface area is 122 Å². The molecule has 0 unspecified atom stereocenters. The third kappa shape index (κ3) is 6.19. The summed E-state index contributed by atoms with van der Waals surface area (Å²) in [5, 5.41) is 3.34. The van der Waals surface area contributed by atoms with E-state index in [1.807, 2.05) is 6.07 Å². The van der Waals surface area contributed by atoms with E-state index in [-0.39, 0.29) is 5.92 Å². The molecule has 0 aliphatic carbocycles. The molecule has 0 bridgehead atoms. The molecule has 20 heavy (non-hydrogen) atoms. The normalized spacial score (nSPS) is 10.8. The molecule has 0 aromatic carbocycles. The van der Waals surface area contributed by atoms with Crippen LogP contribution in [0, 0.1) is 0 Å². The molecule has 0 fully saturated rings. The number of ether oxygens (including phenoxy) is 2. The van der Waals surface area contributed by atoms with Gasteiger partial charge in [0, 0.05) is 25.6 Å². The molecule has 0 aliphatic heterocycles. The highest BCUT2D eigenvalue weighted by Gasteiger charge is 2.08. The minimum absolute atomic E-state index is 0.275. The predicted octanol–water partition coefficient (Wildman–Crippen LogP) is 3.23. The minimum atomic E-state index is 0.275. The summed E-state index contributed by atoms with van der Waals surface area (Å²) in [7, 11) is 1.66. The van der Waals surface area contributed by atoms with Gasteiger partial charge in [-0.25, -0.2) is 4.98 Å². The monoisotopic (exact) mass is 281 g/mol. The third-order valence-electron chi connectivity index (χ3n) is 2.86. The lowest BCUT2D eigenvalue weighted by atomic mass is 10.2. The Balaban J connectivity index is 2.66. The number of nitrogens with zero attached hydrogens (tertiary/aromatic N) is 2. The molecule has 0 saturated heterocycles. The molecule has 0 saturated carbocycles. The molecule has 1 rings (SSSR count). The third-order valence-corrected chi connectivity index (χ3v) is 2.86. The molecule has 1 aromatic heterocycles. The van der Waals surface area contributed by atoms with E-state index in [1.165, 1.54) is 12.8 Å². The first-order valence-electron chi connectivity index (χ1n) is 7.42. The second-order valence-electron chi connectivity index (χ2n) is 5.08. The summed E-state index contributed by atoms with van der Waals surface area (Å²) in [5.41, 5.74) is 0. The number of hydrogen-bond donors (Lipinski definition) is 1. The van der Waals surface area contributed by atoms with Gasteiger partial charge in [0.15, 0.2) is 0 Å². The molecular weight excluding hydrogens is 254 g/mol. The Morgan fingerprint density at radius 1 is 1.20 bits per heavy atom. The summed E-state index contributed by atoms with van der Waals surface area (Å²) in [4.78, 5) is 8.95. The van der Waals surface area contributed by atoms with Crippen LogP contribution < -0.4 is 10.1 Å². The van der Waals surface area contributed by atoms with Crippen LogP contribution in [0.2, 0.25) is 0 Å². The Morgan fingerprint density at radius 2 is 2.00 bits per heavy atom. The molecule has 1 heterocycles. The first-order chi connectivity index (χ1) is 9.67. The van der Waals surface area contributed by atoms with Gasteiger partial charge in [0.05, 0.1) is 6.61 Å². The van der Waals surface area contributed by atoms with Gasteiger partial charge in [0.1, 0.15) is 18.2 Å². The highest BCUT2D eigenvalue weighted by molar-refractivity contribution is 5.38. The molecule has 0 aliphatic rings. The number of unbranched alkanes of at least 4 members (excludes halogenated alkanes) is 2. The van der Waals surface area contributed by atoms with Crippen LogP contribution in [0.15, 0.2) is 6.07 Å². The fourth-order valence-electron chi connectivity index (χ4n) is 1.69. The fourth-order valence-corrected chi connectivity index (χ4v) is 1.69. The molecule has 0 radical (unpaired) electrons. The predicted molar refractivity (Wildman–Crippen MR) is 81.5 cm³/mol. The second-order valence-corrected chi connectivity index (χ2v) is 5.08. The van der Waals surface area contributed by atoms with Crippen molar-refractivity contribution in [1.82, 2.24) is 9.97 Å². The van der Waals surface area contributed by atoms with Crippen LogP contribution in [-0.2, 0) is 4.74 Å². The van der Waals surface area contributed by atoms with Crippen LogP contribution in [0.4, 0.5) is 5.82 Å². The van der Waals surface area contributed by atoms with Crippen molar-refractivity contribution in [2.24, 2.45) is 0 Å². The zero-order chi connectivity index (χ0) is 14.8. The number of anilines is 1. The van der Waals surface area contributed by atoms with E-state index in [0.29, 0.717) is 19.1 Å². The highest BCUT2D eigenvalue weighted by Crippen LogP contribution is 2.18. The maximum atomic E-state index is 5.59. The first kappa shape index (κ1) is 16.7. The summed E-state index contributed by atoms with van der Waals surface area (Å²) in [6.07, 6.45) is 3.60. The number of hydrogen-bond acceptors (Lipinski definition) is 5. The van der Waals surface area contributed by atoms with Gasteiger partial charge in [-0.2, -0.15) is 4.98 Å². The highest BCUT2D eigenvalue weighted by atomic mass is 16.5. The standard InChI is InChI=1S/C15H27N3O2/c1-5-6-7-8-16-13-11-14(20-10-9-19-4)18-15(17-13)12(2)3/h11-12H,5-10H2,1-4H3,(H,16,17,18). The van der Waals surface area contributed by atoms with E-state index in [2.05, 4.69) is 36.1 Å². The van der Waals surface area contributed by atoms with Crippen molar-refractivity contribution in [3.05, 3.63) is 11.9 Å². The average Bonchev–Trinajstić information content (AvgIpc) is 2.44. The van der Waals surface area contributed by atoms with Crippen LogP contribution in [0.3, 0.4) is 0 Å². The van der Waals surface area contributed by atoms with Gasteiger partial charge in [0.2, 0.25) is 5.88 Å². The Bertz CT molecular complexity index is 383. The van der Waals surface area contributed by atoms with Crippen molar-refractivity contribution in [2.75, 3.05) is 32.2 Å². The molecule has 0 spiro atoms. The Morgan fingerprint density at radius 3 is 2.65 bits per heavy atom. The summed E-state index contributed by atoms with van der Waals surface area (Å²) >= 11 is 0. The quantitative estimate of drug-likeness (QED) is 0.667. The Hall–Kier alpha value is -1.36. The largest absolute Gasteiger partial charge is 0.475 e. The Kier molecular flexibility index (Phi) is 7.95. The number of rotatable bonds is 10. The number of methoxy groups -OCH3 is 1. The number of aromatic nitrogens is 2. The summed E-state index contributed by atoms with van der Waals surface area (Å²) in [5.74, 6) is 2.53. The van der Waals surface area contributed by atoms with E-state index in [1.54, 1.807) is 7.11 Å². The van der Waals surface area contributed by atoms with Crippen LogP contribution >= 0.6 is 0 Å². The van der Waals surface area contributed by atoms with Crippen LogP contribution in [0.1, 0.15) is 51.8 Å². The van der Waals surface area contributed by atoms with Gasteiger partial charge in [0.25, 0.3) is 0 Å².